The molecule has 0 aliphatic carbocycles. The molecule has 1 atom stereocenters. The summed E-state index contributed by atoms with van der Waals surface area (Å²) >= 11 is 0. The van der Waals surface area contributed by atoms with Crippen LogP contribution in [0.5, 0.6) is 0 Å². The molecule has 0 aromatic carbocycles. The zero-order valence-electron chi connectivity index (χ0n) is 10.9. The second-order valence-electron chi connectivity index (χ2n) is 5.94. The molecule has 0 amide bonds. The molecule has 0 bridgehead atoms. The van der Waals surface area contributed by atoms with Crippen LogP contribution in [0.1, 0.15) is 53.4 Å². The molecule has 1 aliphatic heterocycles. The number of nitrogens with zero attached hydrogens (tertiary/aromatic N) is 1. The number of likely N-dealkylation sites (tertiary alicyclic amines) is 1. The second-order valence-corrected chi connectivity index (χ2v) is 5.94. The lowest BCUT2D eigenvalue weighted by molar-refractivity contribution is 0.220. The summed E-state index contributed by atoms with van der Waals surface area (Å²) in [6, 6.07) is 0.673. The van der Waals surface area contributed by atoms with Gasteiger partial charge in [0.15, 0.2) is 0 Å². The topological polar surface area (TPSA) is 29.3 Å². The van der Waals surface area contributed by atoms with Gasteiger partial charge in [-0.25, -0.2) is 0 Å². The molecule has 0 radical (unpaired) electrons. The van der Waals surface area contributed by atoms with Gasteiger partial charge in [-0.05, 0) is 52.0 Å². The van der Waals surface area contributed by atoms with Crippen LogP contribution in [0.25, 0.3) is 0 Å². The van der Waals surface area contributed by atoms with Crippen LogP contribution < -0.4 is 5.73 Å². The molecule has 2 nitrogen and oxygen atoms in total. The molecule has 1 unspecified atom stereocenters. The third-order valence-electron chi connectivity index (χ3n) is 3.56. The van der Waals surface area contributed by atoms with Crippen LogP contribution in [0.3, 0.4) is 0 Å². The smallest absolute Gasteiger partial charge is 0.0169 e. The molecule has 1 fully saturated rings. The minimum absolute atomic E-state index is 0.109. The van der Waals surface area contributed by atoms with Crippen molar-refractivity contribution >= 4 is 0 Å². The van der Waals surface area contributed by atoms with Gasteiger partial charge in [0.2, 0.25) is 0 Å². The first-order chi connectivity index (χ1) is 6.93. The molecule has 1 heterocycles. The molecular weight excluding hydrogens is 184 g/mol. The minimum atomic E-state index is 0.109. The highest BCUT2D eigenvalue weighted by atomic mass is 15.1. The van der Waals surface area contributed by atoms with Crippen LogP contribution in [0.4, 0.5) is 0 Å². The van der Waals surface area contributed by atoms with Gasteiger partial charge in [0, 0.05) is 18.1 Å². The summed E-state index contributed by atoms with van der Waals surface area (Å²) in [5.74, 6) is 0.723. The maximum absolute atomic E-state index is 6.50. The van der Waals surface area contributed by atoms with Crippen molar-refractivity contribution in [3.63, 3.8) is 0 Å². The van der Waals surface area contributed by atoms with E-state index in [9.17, 15) is 0 Å². The Kier molecular flexibility index (Phi) is 4.60. The van der Waals surface area contributed by atoms with E-state index in [0.717, 1.165) is 5.92 Å². The van der Waals surface area contributed by atoms with Gasteiger partial charge in [-0.2, -0.15) is 0 Å². The van der Waals surface area contributed by atoms with E-state index >= 15 is 0 Å². The van der Waals surface area contributed by atoms with Crippen LogP contribution in [-0.4, -0.2) is 29.6 Å². The summed E-state index contributed by atoms with van der Waals surface area (Å²) < 4.78 is 0. The molecule has 0 aromatic rings. The zero-order chi connectivity index (χ0) is 11.5. The maximum Gasteiger partial charge on any atom is 0.0169 e. The third kappa shape index (κ3) is 4.12. The Labute approximate surface area is 95.2 Å². The molecule has 0 aromatic heterocycles. The highest BCUT2D eigenvalue weighted by Gasteiger charge is 2.29. The van der Waals surface area contributed by atoms with E-state index in [1.807, 2.05) is 0 Å². The van der Waals surface area contributed by atoms with Crippen LogP contribution in [0.15, 0.2) is 0 Å². The summed E-state index contributed by atoms with van der Waals surface area (Å²) in [5, 5.41) is 0. The first-order valence-corrected chi connectivity index (χ1v) is 6.46. The van der Waals surface area contributed by atoms with Gasteiger partial charge in [0.25, 0.3) is 0 Å². The average Bonchev–Trinajstić information content (AvgIpc) is 2.25. The van der Waals surface area contributed by atoms with Crippen molar-refractivity contribution in [2.75, 3.05) is 13.1 Å². The monoisotopic (exact) mass is 212 g/mol. The van der Waals surface area contributed by atoms with Crippen molar-refractivity contribution in [2.45, 2.75) is 65.0 Å². The van der Waals surface area contributed by atoms with Gasteiger partial charge in [0.1, 0.15) is 0 Å². The number of rotatable bonds is 3. The summed E-state index contributed by atoms with van der Waals surface area (Å²) in [5.41, 5.74) is 6.60. The predicted octanol–water partition coefficient (Wildman–Crippen LogP) is 2.62. The zero-order valence-corrected chi connectivity index (χ0v) is 10.9. The fraction of sp³-hybridized carbons (Fsp3) is 1.00. The number of nitrogens with two attached hydrogens (primary N) is 1. The lowest BCUT2D eigenvalue weighted by Gasteiger charge is -2.30. The Morgan fingerprint density at radius 2 is 1.80 bits per heavy atom. The maximum atomic E-state index is 6.50. The van der Waals surface area contributed by atoms with Crippen LogP contribution in [0, 0.1) is 5.92 Å². The standard InChI is InChI=1S/C13H28N2/c1-11(2)10-13(14)6-5-8-15(9-7-13)12(3)4/h11-12H,5-10,14H2,1-4H3. The Hall–Kier alpha value is -0.0800. The summed E-state index contributed by atoms with van der Waals surface area (Å²) in [4.78, 5) is 2.56. The van der Waals surface area contributed by atoms with Gasteiger partial charge < -0.3 is 10.6 Å². The first-order valence-electron chi connectivity index (χ1n) is 6.46. The number of hydrogen-bond donors (Lipinski definition) is 1. The molecule has 2 N–H and O–H groups in total. The van der Waals surface area contributed by atoms with Gasteiger partial charge in [-0.1, -0.05) is 13.8 Å². The van der Waals surface area contributed by atoms with Crippen molar-refractivity contribution in [3.8, 4) is 0 Å². The van der Waals surface area contributed by atoms with Crippen LogP contribution in [0.2, 0.25) is 0 Å². The highest BCUT2D eigenvalue weighted by molar-refractivity contribution is 4.89. The predicted molar refractivity (Wildman–Crippen MR) is 66.9 cm³/mol. The molecule has 2 heteroatoms. The van der Waals surface area contributed by atoms with Gasteiger partial charge >= 0.3 is 0 Å². The molecule has 0 spiro atoms. The molecule has 0 saturated carbocycles. The van der Waals surface area contributed by atoms with E-state index in [0.29, 0.717) is 6.04 Å². The largest absolute Gasteiger partial charge is 0.325 e. The van der Waals surface area contributed by atoms with E-state index in [-0.39, 0.29) is 5.54 Å². The second kappa shape index (κ2) is 5.31. The van der Waals surface area contributed by atoms with E-state index in [4.69, 9.17) is 5.73 Å². The summed E-state index contributed by atoms with van der Waals surface area (Å²) in [6.07, 6.45) is 4.82. The van der Waals surface area contributed by atoms with E-state index in [2.05, 4.69) is 32.6 Å². The van der Waals surface area contributed by atoms with Crippen molar-refractivity contribution in [3.05, 3.63) is 0 Å². The molecule has 1 rings (SSSR count). The van der Waals surface area contributed by atoms with E-state index < -0.39 is 0 Å². The molecule has 1 aliphatic rings. The molecule has 90 valence electrons. The fourth-order valence-electron chi connectivity index (χ4n) is 2.77. The Bertz CT molecular complexity index is 189. The van der Waals surface area contributed by atoms with Crippen LogP contribution >= 0.6 is 0 Å². The Morgan fingerprint density at radius 1 is 1.13 bits per heavy atom. The average molecular weight is 212 g/mol. The van der Waals surface area contributed by atoms with Gasteiger partial charge in [-0.3, -0.25) is 0 Å². The Balaban J connectivity index is 2.51. The van der Waals surface area contributed by atoms with Crippen molar-refractivity contribution in [1.29, 1.82) is 0 Å². The summed E-state index contributed by atoms with van der Waals surface area (Å²) in [6.45, 7) is 11.5. The third-order valence-corrected chi connectivity index (χ3v) is 3.56. The summed E-state index contributed by atoms with van der Waals surface area (Å²) in [7, 11) is 0. The van der Waals surface area contributed by atoms with Crippen molar-refractivity contribution in [1.82, 2.24) is 4.90 Å². The lowest BCUT2D eigenvalue weighted by atomic mass is 9.84. The normalized spacial score (nSPS) is 29.8. The van der Waals surface area contributed by atoms with Crippen LogP contribution in [-0.2, 0) is 0 Å². The SMILES string of the molecule is CC(C)CC1(N)CCCN(C(C)C)CC1. The quantitative estimate of drug-likeness (QED) is 0.779. The Morgan fingerprint density at radius 3 is 2.33 bits per heavy atom. The van der Waals surface area contributed by atoms with Gasteiger partial charge in [-0.15, -0.1) is 0 Å². The number of hydrogen-bond acceptors (Lipinski definition) is 2. The first kappa shape index (κ1) is 13.0. The van der Waals surface area contributed by atoms with E-state index in [1.165, 1.54) is 38.8 Å². The fourth-order valence-corrected chi connectivity index (χ4v) is 2.77. The van der Waals surface area contributed by atoms with Gasteiger partial charge in [0.05, 0.1) is 0 Å². The van der Waals surface area contributed by atoms with Crippen molar-refractivity contribution < 1.29 is 0 Å². The highest BCUT2D eigenvalue weighted by Crippen LogP contribution is 2.27. The lowest BCUT2D eigenvalue weighted by Crippen LogP contribution is -2.42. The molecule has 15 heavy (non-hydrogen) atoms. The molecular formula is C13H28N2. The van der Waals surface area contributed by atoms with Crippen molar-refractivity contribution in [2.24, 2.45) is 11.7 Å². The van der Waals surface area contributed by atoms with E-state index in [1.54, 1.807) is 0 Å². The molecule has 1 saturated heterocycles. The minimum Gasteiger partial charge on any atom is -0.325 e.